The summed E-state index contributed by atoms with van der Waals surface area (Å²) >= 11 is 0. The Balaban J connectivity index is 2.92. The van der Waals surface area contributed by atoms with Crippen LogP contribution in [0.5, 0.6) is 0 Å². The van der Waals surface area contributed by atoms with E-state index in [-0.39, 0.29) is 12.1 Å². The van der Waals surface area contributed by atoms with Crippen molar-refractivity contribution in [1.82, 2.24) is 0 Å². The van der Waals surface area contributed by atoms with E-state index in [1.165, 1.54) is 0 Å². The van der Waals surface area contributed by atoms with Crippen LogP contribution in [0.3, 0.4) is 0 Å². The van der Waals surface area contributed by atoms with Gasteiger partial charge in [0, 0.05) is 12.1 Å². The summed E-state index contributed by atoms with van der Waals surface area (Å²) in [6.45, 7) is 0. The molecule has 0 aromatic heterocycles. The first kappa shape index (κ1) is 24.7. The van der Waals surface area contributed by atoms with Crippen LogP contribution < -0.4 is 5.32 Å². The molecule has 0 saturated heterocycles. The van der Waals surface area contributed by atoms with Gasteiger partial charge in [-0.05, 0) is 12.1 Å². The second-order valence-electron chi connectivity index (χ2n) is 5.86. The summed E-state index contributed by atoms with van der Waals surface area (Å²) in [6.07, 6.45) is -11.4. The van der Waals surface area contributed by atoms with Crippen LogP contribution in [0.2, 0.25) is 0 Å². The van der Waals surface area contributed by atoms with Gasteiger partial charge in [-0.15, -0.1) is 0 Å². The Morgan fingerprint density at radius 3 is 1.09 bits per heavy atom. The Morgan fingerprint density at radius 2 is 0.879 bits per heavy atom. The Bertz CT molecular complexity index is 1100. The first-order chi connectivity index (χ1) is 15.0. The number of hydrogen-bond acceptors (Lipinski definition) is 9. The molecule has 0 bridgehead atoms. The Kier molecular flexibility index (Phi) is 6.11. The molecule has 0 aliphatic rings. The van der Waals surface area contributed by atoms with Gasteiger partial charge in [0.1, 0.15) is 11.4 Å². The summed E-state index contributed by atoms with van der Waals surface area (Å²) in [6, 6.07) is 0.897. The van der Waals surface area contributed by atoms with Gasteiger partial charge in [0.05, 0.1) is 19.7 Å². The molecule has 0 amide bonds. The molecule has 0 radical (unpaired) electrons. The van der Waals surface area contributed by atoms with Crippen molar-refractivity contribution < 1.29 is 46.0 Å². The van der Waals surface area contributed by atoms with Crippen molar-refractivity contribution in [3.05, 3.63) is 75.8 Å². The Morgan fingerprint density at radius 1 is 0.576 bits per heavy atom. The lowest BCUT2D eigenvalue weighted by Gasteiger charge is -2.14. The van der Waals surface area contributed by atoms with Crippen molar-refractivity contribution >= 4 is 34.1 Å². The number of halogens is 6. The zero-order valence-corrected chi connectivity index (χ0v) is 15.1. The summed E-state index contributed by atoms with van der Waals surface area (Å²) in [5, 5.41) is 46.0. The predicted molar refractivity (Wildman–Crippen MR) is 92.8 cm³/mol. The van der Waals surface area contributed by atoms with Gasteiger partial charge in [-0.2, -0.15) is 26.3 Å². The number of hydrogen-bond donors (Lipinski definition) is 1. The monoisotopic (exact) mass is 485 g/mol. The van der Waals surface area contributed by atoms with E-state index in [0.717, 1.165) is 0 Å². The van der Waals surface area contributed by atoms with Gasteiger partial charge in [-0.1, -0.05) is 0 Å². The third-order valence-corrected chi connectivity index (χ3v) is 3.91. The van der Waals surface area contributed by atoms with Crippen LogP contribution in [0.15, 0.2) is 24.3 Å². The number of alkyl halides is 6. The number of rotatable bonds is 6. The number of anilines is 2. The van der Waals surface area contributed by atoms with Gasteiger partial charge in [-0.3, -0.25) is 40.5 Å². The van der Waals surface area contributed by atoms with Crippen LogP contribution in [-0.2, 0) is 12.4 Å². The highest BCUT2D eigenvalue weighted by Crippen LogP contribution is 2.49. The van der Waals surface area contributed by atoms with E-state index >= 15 is 0 Å². The van der Waals surface area contributed by atoms with Crippen molar-refractivity contribution in [3.8, 4) is 0 Å². The van der Waals surface area contributed by atoms with E-state index in [1.807, 2.05) is 0 Å². The van der Waals surface area contributed by atoms with E-state index in [4.69, 9.17) is 0 Å². The minimum Gasteiger partial charge on any atom is -0.344 e. The van der Waals surface area contributed by atoms with Crippen LogP contribution in [0, 0.1) is 40.5 Å². The van der Waals surface area contributed by atoms with E-state index < -0.39 is 77.3 Å². The second kappa shape index (κ2) is 8.16. The molecule has 0 unspecified atom stereocenters. The lowest BCUT2D eigenvalue weighted by atomic mass is 10.1. The molecule has 2 aromatic rings. The first-order valence-electron chi connectivity index (χ1n) is 7.81. The quantitative estimate of drug-likeness (QED) is 0.330. The van der Waals surface area contributed by atoms with Crippen LogP contribution in [0.4, 0.5) is 60.5 Å². The molecule has 176 valence electrons. The molecule has 0 aliphatic heterocycles. The van der Waals surface area contributed by atoms with Gasteiger partial charge >= 0.3 is 23.7 Å². The highest BCUT2D eigenvalue weighted by Gasteiger charge is 2.49. The zero-order valence-electron chi connectivity index (χ0n) is 15.1. The van der Waals surface area contributed by atoms with Crippen LogP contribution in [0.25, 0.3) is 0 Å². The second-order valence-corrected chi connectivity index (χ2v) is 5.86. The van der Waals surface area contributed by atoms with Crippen molar-refractivity contribution in [1.29, 1.82) is 0 Å². The summed E-state index contributed by atoms with van der Waals surface area (Å²) in [5.74, 6) is 0. The fraction of sp³-hybridized carbons (Fsp3) is 0.143. The van der Waals surface area contributed by atoms with Gasteiger partial charge < -0.3 is 5.32 Å². The average Bonchev–Trinajstić information content (AvgIpc) is 2.64. The third kappa shape index (κ3) is 4.70. The molecule has 13 nitrogen and oxygen atoms in total. The van der Waals surface area contributed by atoms with Crippen molar-refractivity contribution in [2.45, 2.75) is 12.4 Å². The molecule has 0 fully saturated rings. The summed E-state index contributed by atoms with van der Waals surface area (Å²) in [7, 11) is 0. The summed E-state index contributed by atoms with van der Waals surface area (Å²) in [5.41, 5.74) is -14.9. The molecule has 0 saturated carbocycles. The molecule has 0 atom stereocenters. The first-order valence-corrected chi connectivity index (χ1v) is 7.81. The third-order valence-electron chi connectivity index (χ3n) is 3.91. The van der Waals surface area contributed by atoms with E-state index in [2.05, 4.69) is 0 Å². The van der Waals surface area contributed by atoms with Crippen molar-refractivity contribution in [3.63, 3.8) is 0 Å². The minimum absolute atomic E-state index is 0.139. The molecule has 2 aromatic carbocycles. The van der Waals surface area contributed by atoms with Gasteiger partial charge in [0.15, 0.2) is 0 Å². The highest BCUT2D eigenvalue weighted by molar-refractivity contribution is 5.81. The van der Waals surface area contributed by atoms with Crippen LogP contribution in [0.1, 0.15) is 11.1 Å². The van der Waals surface area contributed by atoms with E-state index in [0.29, 0.717) is 12.1 Å². The molecule has 19 heteroatoms. The Hall–Kier alpha value is -4.58. The fourth-order valence-corrected chi connectivity index (χ4v) is 2.75. The number of nitro groups is 4. The summed E-state index contributed by atoms with van der Waals surface area (Å²) in [4.78, 5) is 37.7. The molecular formula is C14H5F6N5O8. The molecule has 2 rings (SSSR count). The van der Waals surface area contributed by atoms with Crippen LogP contribution in [-0.4, -0.2) is 19.7 Å². The van der Waals surface area contributed by atoms with E-state index in [1.54, 1.807) is 5.32 Å². The maximum absolute atomic E-state index is 13.3. The normalized spacial score (nSPS) is 11.7. The Labute approximate surface area is 174 Å². The SMILES string of the molecule is O=[N+]([O-])c1ccc(Nc2ccc([N+](=O)[O-])c(C(F)(F)F)c2[N+](=O)[O-])c([N+](=O)[O-])c1C(F)(F)F. The van der Waals surface area contributed by atoms with E-state index in [9.17, 15) is 66.8 Å². The largest absolute Gasteiger partial charge is 0.429 e. The number of nitro benzene ring substituents is 4. The lowest BCUT2D eigenvalue weighted by molar-refractivity contribution is -0.399. The number of nitrogens with one attached hydrogen (secondary N) is 1. The minimum atomic E-state index is -5.69. The molecular weight excluding hydrogens is 480 g/mol. The summed E-state index contributed by atoms with van der Waals surface area (Å²) < 4.78 is 80.1. The molecule has 0 aliphatic carbocycles. The molecule has 0 spiro atoms. The number of nitrogens with zero attached hydrogens (tertiary/aromatic N) is 4. The standard InChI is InChI=1S/C14H5F6N5O8/c15-13(16,17)9-7(22(26)27)3-1-5(11(9)24(30)31)21-6-2-4-8(23(28)29)10(14(18,19)20)12(6)25(32)33/h1-4,21H. The fourth-order valence-electron chi connectivity index (χ4n) is 2.75. The zero-order chi connectivity index (χ0) is 25.5. The predicted octanol–water partition coefficient (Wildman–Crippen LogP) is 5.10. The maximum Gasteiger partial charge on any atom is 0.429 e. The highest BCUT2D eigenvalue weighted by atomic mass is 19.4. The number of benzene rings is 2. The molecule has 1 N–H and O–H groups in total. The van der Waals surface area contributed by atoms with Gasteiger partial charge in [0.2, 0.25) is 11.1 Å². The average molecular weight is 485 g/mol. The van der Waals surface area contributed by atoms with Crippen LogP contribution >= 0.6 is 0 Å². The van der Waals surface area contributed by atoms with Gasteiger partial charge in [0.25, 0.3) is 11.4 Å². The topological polar surface area (TPSA) is 185 Å². The molecule has 0 heterocycles. The van der Waals surface area contributed by atoms with Gasteiger partial charge in [-0.25, -0.2) is 0 Å². The maximum atomic E-state index is 13.3. The smallest absolute Gasteiger partial charge is 0.344 e. The molecule has 33 heavy (non-hydrogen) atoms. The lowest BCUT2D eigenvalue weighted by Crippen LogP contribution is -2.15. The van der Waals surface area contributed by atoms with Crippen molar-refractivity contribution in [2.24, 2.45) is 0 Å². The van der Waals surface area contributed by atoms with Crippen molar-refractivity contribution in [2.75, 3.05) is 5.32 Å².